The van der Waals surface area contributed by atoms with Crippen LogP contribution in [0.1, 0.15) is 6.42 Å². The number of rotatable bonds is 8. The van der Waals surface area contributed by atoms with Crippen molar-refractivity contribution in [3.63, 3.8) is 0 Å². The molecule has 2 aromatic carbocycles. The van der Waals surface area contributed by atoms with Gasteiger partial charge in [0, 0.05) is 24.8 Å². The van der Waals surface area contributed by atoms with E-state index in [1.807, 2.05) is 18.2 Å². The molecule has 0 fully saturated rings. The van der Waals surface area contributed by atoms with Crippen LogP contribution >= 0.6 is 0 Å². The number of carbonyl (C=O) groups excluding carboxylic acids is 2. The van der Waals surface area contributed by atoms with Crippen LogP contribution in [-0.4, -0.2) is 30.6 Å². The maximum absolute atomic E-state index is 12.3. The number of benzene rings is 2. The highest BCUT2D eigenvalue weighted by Gasteiger charge is 2.11. The highest BCUT2D eigenvalue weighted by atomic mass is 16.5. The summed E-state index contributed by atoms with van der Waals surface area (Å²) in [5.41, 5.74) is 1.11. The minimum atomic E-state index is -0.376. The molecular weight excluding hydrogens is 384 g/mol. The van der Waals surface area contributed by atoms with Gasteiger partial charge in [0.15, 0.2) is 0 Å². The Balaban J connectivity index is 1.49. The van der Waals surface area contributed by atoms with Crippen LogP contribution in [0.4, 0.5) is 16.2 Å². The predicted molar refractivity (Wildman–Crippen MR) is 114 cm³/mol. The number of hydrogen-bond acceptors (Lipinski definition) is 5. The smallest absolute Gasteiger partial charge is 0.319 e. The van der Waals surface area contributed by atoms with Crippen molar-refractivity contribution >= 4 is 23.3 Å². The number of para-hydroxylation sites is 1. The van der Waals surface area contributed by atoms with E-state index in [4.69, 9.17) is 9.47 Å². The molecule has 30 heavy (non-hydrogen) atoms. The molecule has 0 saturated heterocycles. The topological polar surface area (TPSA) is 102 Å². The molecule has 3 rings (SSSR count). The Hall–Kier alpha value is -4.07. The molecule has 0 bridgehead atoms. The second-order valence-electron chi connectivity index (χ2n) is 6.18. The van der Waals surface area contributed by atoms with Crippen LogP contribution in [-0.2, 0) is 4.79 Å². The van der Waals surface area contributed by atoms with Gasteiger partial charge in [-0.3, -0.25) is 4.79 Å². The normalized spacial score (nSPS) is 10.0. The third kappa shape index (κ3) is 6.23. The quantitative estimate of drug-likeness (QED) is 0.524. The van der Waals surface area contributed by atoms with Crippen molar-refractivity contribution in [3.8, 4) is 17.4 Å². The van der Waals surface area contributed by atoms with Gasteiger partial charge in [0.1, 0.15) is 17.2 Å². The molecule has 3 N–H and O–H groups in total. The molecule has 1 heterocycles. The number of nitrogens with one attached hydrogen (secondary N) is 3. The van der Waals surface area contributed by atoms with E-state index in [2.05, 4.69) is 20.9 Å². The molecule has 0 aliphatic carbocycles. The Kier molecular flexibility index (Phi) is 7.21. The zero-order valence-corrected chi connectivity index (χ0v) is 16.4. The number of amides is 3. The molecular formula is C22H22N4O4. The number of anilines is 2. The average Bonchev–Trinajstić information content (AvgIpc) is 2.76. The number of aromatic nitrogens is 1. The zero-order chi connectivity index (χ0) is 21.2. The van der Waals surface area contributed by atoms with E-state index in [-0.39, 0.29) is 30.8 Å². The summed E-state index contributed by atoms with van der Waals surface area (Å²) in [6, 6.07) is 19.1. The molecule has 0 atom stereocenters. The van der Waals surface area contributed by atoms with Gasteiger partial charge >= 0.3 is 6.03 Å². The van der Waals surface area contributed by atoms with E-state index in [1.54, 1.807) is 61.8 Å². The molecule has 1 aromatic heterocycles. The Morgan fingerprint density at radius 1 is 0.900 bits per heavy atom. The molecule has 8 nitrogen and oxygen atoms in total. The molecule has 3 aromatic rings. The Bertz CT molecular complexity index is 978. The summed E-state index contributed by atoms with van der Waals surface area (Å²) < 4.78 is 10.9. The summed E-state index contributed by atoms with van der Waals surface area (Å²) in [5.74, 6) is 1.26. The summed E-state index contributed by atoms with van der Waals surface area (Å²) in [7, 11) is 1.59. The van der Waals surface area contributed by atoms with E-state index in [0.29, 0.717) is 22.9 Å². The zero-order valence-electron chi connectivity index (χ0n) is 16.4. The van der Waals surface area contributed by atoms with Crippen molar-refractivity contribution in [1.29, 1.82) is 0 Å². The fourth-order valence-electron chi connectivity index (χ4n) is 2.52. The van der Waals surface area contributed by atoms with Crippen LogP contribution in [0.2, 0.25) is 0 Å². The first-order valence-electron chi connectivity index (χ1n) is 9.31. The highest BCUT2D eigenvalue weighted by molar-refractivity contribution is 5.93. The third-order valence-corrected chi connectivity index (χ3v) is 3.99. The van der Waals surface area contributed by atoms with Crippen molar-refractivity contribution in [2.24, 2.45) is 0 Å². The van der Waals surface area contributed by atoms with Crippen LogP contribution in [0.3, 0.4) is 0 Å². The lowest BCUT2D eigenvalue weighted by Gasteiger charge is -2.12. The highest BCUT2D eigenvalue weighted by Crippen LogP contribution is 2.28. The first-order chi connectivity index (χ1) is 14.6. The molecule has 8 heteroatoms. The second-order valence-corrected chi connectivity index (χ2v) is 6.18. The van der Waals surface area contributed by atoms with Crippen LogP contribution < -0.4 is 25.4 Å². The summed E-state index contributed by atoms with van der Waals surface area (Å²) in [6.45, 7) is 0.180. The number of urea groups is 1. The van der Waals surface area contributed by atoms with Crippen LogP contribution in [0.5, 0.6) is 17.4 Å². The van der Waals surface area contributed by atoms with E-state index in [9.17, 15) is 9.59 Å². The van der Waals surface area contributed by atoms with Gasteiger partial charge in [-0.25, -0.2) is 9.78 Å². The van der Waals surface area contributed by atoms with Gasteiger partial charge in [-0.05, 0) is 48.5 Å². The fourth-order valence-corrected chi connectivity index (χ4v) is 2.52. The van der Waals surface area contributed by atoms with Crippen LogP contribution in [0.25, 0.3) is 0 Å². The summed E-state index contributed by atoms with van der Waals surface area (Å²) >= 11 is 0. The van der Waals surface area contributed by atoms with Crippen molar-refractivity contribution in [2.75, 3.05) is 24.3 Å². The lowest BCUT2D eigenvalue weighted by molar-refractivity contribution is -0.116. The molecule has 0 saturated carbocycles. The number of hydrogen-bond donors (Lipinski definition) is 3. The number of carbonyl (C=O) groups is 2. The Labute approximate surface area is 174 Å². The molecule has 0 radical (unpaired) electrons. The van der Waals surface area contributed by atoms with Crippen LogP contribution in [0, 0.1) is 0 Å². The maximum Gasteiger partial charge on any atom is 0.319 e. The average molecular weight is 406 g/mol. The molecule has 0 aliphatic rings. The van der Waals surface area contributed by atoms with Crippen molar-refractivity contribution in [1.82, 2.24) is 10.3 Å². The van der Waals surface area contributed by atoms with Gasteiger partial charge < -0.3 is 25.4 Å². The minimum absolute atomic E-state index is 0.0963. The summed E-state index contributed by atoms with van der Waals surface area (Å²) in [6.07, 6.45) is 1.67. The molecule has 0 aliphatic heterocycles. The standard InChI is InChI=1S/C22H22N4O4/c1-29-17-9-11-18(12-10-17)30-21-19(8-5-14-23-21)26-20(27)13-15-24-22(28)25-16-6-3-2-4-7-16/h2-12,14H,13,15H2,1H3,(H,26,27)(H2,24,25,28). The molecule has 154 valence electrons. The summed E-state index contributed by atoms with van der Waals surface area (Å²) in [5, 5.41) is 8.09. The molecule has 3 amide bonds. The third-order valence-electron chi connectivity index (χ3n) is 3.99. The van der Waals surface area contributed by atoms with Gasteiger partial charge in [0.05, 0.1) is 7.11 Å². The lowest BCUT2D eigenvalue weighted by atomic mass is 10.3. The summed E-state index contributed by atoms with van der Waals surface area (Å²) in [4.78, 5) is 28.3. The van der Waals surface area contributed by atoms with Gasteiger partial charge in [0.25, 0.3) is 0 Å². The minimum Gasteiger partial charge on any atom is -0.497 e. The number of methoxy groups -OCH3 is 1. The lowest BCUT2D eigenvalue weighted by Crippen LogP contribution is -2.31. The van der Waals surface area contributed by atoms with Crippen molar-refractivity contribution in [2.45, 2.75) is 6.42 Å². The van der Waals surface area contributed by atoms with Crippen molar-refractivity contribution < 1.29 is 19.1 Å². The number of nitrogens with zero attached hydrogens (tertiary/aromatic N) is 1. The number of ether oxygens (including phenoxy) is 2. The first kappa shape index (κ1) is 20.7. The van der Waals surface area contributed by atoms with Gasteiger partial charge in [-0.15, -0.1) is 0 Å². The first-order valence-corrected chi connectivity index (χ1v) is 9.31. The molecule has 0 unspecified atom stereocenters. The monoisotopic (exact) mass is 406 g/mol. The molecule has 0 spiro atoms. The predicted octanol–water partition coefficient (Wildman–Crippen LogP) is 4.03. The van der Waals surface area contributed by atoms with Crippen LogP contribution in [0.15, 0.2) is 72.9 Å². The second kappa shape index (κ2) is 10.5. The Morgan fingerprint density at radius 3 is 2.37 bits per heavy atom. The SMILES string of the molecule is COc1ccc(Oc2ncccc2NC(=O)CCNC(=O)Nc2ccccc2)cc1. The number of pyridine rings is 1. The largest absolute Gasteiger partial charge is 0.497 e. The van der Waals surface area contributed by atoms with E-state index >= 15 is 0 Å². The van der Waals surface area contributed by atoms with E-state index in [1.165, 1.54) is 0 Å². The van der Waals surface area contributed by atoms with E-state index in [0.717, 1.165) is 0 Å². The van der Waals surface area contributed by atoms with Crippen molar-refractivity contribution in [3.05, 3.63) is 72.9 Å². The van der Waals surface area contributed by atoms with Gasteiger partial charge in [-0.2, -0.15) is 0 Å². The fraction of sp³-hybridized carbons (Fsp3) is 0.136. The van der Waals surface area contributed by atoms with Gasteiger partial charge in [0.2, 0.25) is 11.8 Å². The Morgan fingerprint density at radius 2 is 1.63 bits per heavy atom. The van der Waals surface area contributed by atoms with Gasteiger partial charge in [-0.1, -0.05) is 18.2 Å². The van der Waals surface area contributed by atoms with E-state index < -0.39 is 0 Å². The maximum atomic E-state index is 12.3.